The van der Waals surface area contributed by atoms with Crippen LogP contribution in [-0.2, 0) is 4.79 Å². The number of hydrogen-bond donors (Lipinski definition) is 2. The van der Waals surface area contributed by atoms with Crippen molar-refractivity contribution in [3.05, 3.63) is 29.6 Å². The molecule has 1 aromatic carbocycles. The Morgan fingerprint density at radius 1 is 1.47 bits per heavy atom. The first-order valence-electron chi connectivity index (χ1n) is 5.93. The van der Waals surface area contributed by atoms with Gasteiger partial charge in [0.25, 0.3) is 5.91 Å². The largest absolute Gasteiger partial charge is 0.481 e. The summed E-state index contributed by atoms with van der Waals surface area (Å²) in [5, 5.41) is 8.84. The summed E-state index contributed by atoms with van der Waals surface area (Å²) >= 11 is 0. The molecule has 0 aliphatic rings. The SMILES string of the molecule is CCN(CC(C)C(=O)O)C(=O)c1ccc(N)cc1F. The molecule has 0 saturated carbocycles. The quantitative estimate of drug-likeness (QED) is 0.794. The van der Waals surface area contributed by atoms with E-state index in [4.69, 9.17) is 10.8 Å². The van der Waals surface area contributed by atoms with E-state index in [-0.39, 0.29) is 17.8 Å². The standard InChI is InChI=1S/C13H17FN2O3/c1-3-16(7-8(2)13(18)19)12(17)10-5-4-9(15)6-11(10)14/h4-6,8H,3,7,15H2,1-2H3,(H,18,19). The molecule has 0 aliphatic heterocycles. The summed E-state index contributed by atoms with van der Waals surface area (Å²) in [5.41, 5.74) is 5.54. The lowest BCUT2D eigenvalue weighted by Gasteiger charge is -2.23. The highest BCUT2D eigenvalue weighted by atomic mass is 19.1. The summed E-state index contributed by atoms with van der Waals surface area (Å²) in [6.07, 6.45) is 0. The number of benzene rings is 1. The first kappa shape index (κ1) is 14.9. The van der Waals surface area contributed by atoms with Gasteiger partial charge in [-0.25, -0.2) is 4.39 Å². The number of nitrogen functional groups attached to an aromatic ring is 1. The first-order chi connectivity index (χ1) is 8.86. The van der Waals surface area contributed by atoms with E-state index in [1.165, 1.54) is 24.0 Å². The number of nitrogens with zero attached hydrogens (tertiary/aromatic N) is 1. The Balaban J connectivity index is 2.92. The minimum Gasteiger partial charge on any atom is -0.481 e. The Kier molecular flexibility index (Phi) is 4.86. The van der Waals surface area contributed by atoms with Crippen LogP contribution in [0.5, 0.6) is 0 Å². The summed E-state index contributed by atoms with van der Waals surface area (Å²) in [6.45, 7) is 3.55. The molecule has 6 heteroatoms. The topological polar surface area (TPSA) is 83.6 Å². The molecule has 1 atom stereocenters. The van der Waals surface area contributed by atoms with E-state index in [0.29, 0.717) is 6.54 Å². The van der Waals surface area contributed by atoms with Crippen molar-refractivity contribution in [2.75, 3.05) is 18.8 Å². The molecule has 19 heavy (non-hydrogen) atoms. The number of hydrogen-bond acceptors (Lipinski definition) is 3. The van der Waals surface area contributed by atoms with Crippen molar-refractivity contribution >= 4 is 17.6 Å². The minimum absolute atomic E-state index is 0.0362. The van der Waals surface area contributed by atoms with Crippen molar-refractivity contribution in [3.8, 4) is 0 Å². The molecule has 3 N–H and O–H groups in total. The van der Waals surface area contributed by atoms with Crippen LogP contribution in [-0.4, -0.2) is 35.0 Å². The fourth-order valence-corrected chi connectivity index (χ4v) is 1.64. The van der Waals surface area contributed by atoms with E-state index < -0.39 is 23.6 Å². The van der Waals surface area contributed by atoms with Gasteiger partial charge >= 0.3 is 5.97 Å². The van der Waals surface area contributed by atoms with Crippen molar-refractivity contribution < 1.29 is 19.1 Å². The van der Waals surface area contributed by atoms with Crippen LogP contribution in [0.25, 0.3) is 0 Å². The third-order valence-corrected chi connectivity index (χ3v) is 2.81. The second-order valence-electron chi connectivity index (χ2n) is 4.32. The molecule has 1 amide bonds. The molecule has 0 aromatic heterocycles. The number of nitrogens with two attached hydrogens (primary N) is 1. The number of amides is 1. The molecule has 0 aliphatic carbocycles. The van der Waals surface area contributed by atoms with Gasteiger partial charge in [-0.2, -0.15) is 0 Å². The van der Waals surface area contributed by atoms with Crippen molar-refractivity contribution in [2.24, 2.45) is 5.92 Å². The molecule has 1 rings (SSSR count). The Labute approximate surface area is 110 Å². The zero-order valence-corrected chi connectivity index (χ0v) is 10.9. The van der Waals surface area contributed by atoms with Gasteiger partial charge in [0.2, 0.25) is 0 Å². The molecule has 0 fully saturated rings. The third-order valence-electron chi connectivity index (χ3n) is 2.81. The monoisotopic (exact) mass is 268 g/mol. The van der Waals surface area contributed by atoms with Gasteiger partial charge in [0.05, 0.1) is 11.5 Å². The summed E-state index contributed by atoms with van der Waals surface area (Å²) in [4.78, 5) is 24.2. The van der Waals surface area contributed by atoms with Gasteiger partial charge in [0, 0.05) is 18.8 Å². The normalized spacial score (nSPS) is 11.9. The maximum Gasteiger partial charge on any atom is 0.308 e. The predicted molar refractivity (Wildman–Crippen MR) is 69.2 cm³/mol. The van der Waals surface area contributed by atoms with Gasteiger partial charge in [-0.1, -0.05) is 6.92 Å². The van der Waals surface area contributed by atoms with Crippen LogP contribution in [0.1, 0.15) is 24.2 Å². The van der Waals surface area contributed by atoms with Gasteiger partial charge in [0.1, 0.15) is 5.82 Å². The number of rotatable bonds is 5. The third kappa shape index (κ3) is 3.67. The maximum absolute atomic E-state index is 13.6. The van der Waals surface area contributed by atoms with Crippen LogP contribution in [0.4, 0.5) is 10.1 Å². The highest BCUT2D eigenvalue weighted by Gasteiger charge is 2.22. The molecule has 0 spiro atoms. The van der Waals surface area contributed by atoms with Crippen molar-refractivity contribution in [1.29, 1.82) is 0 Å². The lowest BCUT2D eigenvalue weighted by Crippen LogP contribution is -2.37. The molecule has 0 heterocycles. The Morgan fingerprint density at radius 2 is 2.11 bits per heavy atom. The number of aliphatic carboxylic acids is 1. The fourth-order valence-electron chi connectivity index (χ4n) is 1.64. The van der Waals surface area contributed by atoms with Gasteiger partial charge < -0.3 is 15.7 Å². The van der Waals surface area contributed by atoms with E-state index in [0.717, 1.165) is 6.07 Å². The van der Waals surface area contributed by atoms with E-state index in [1.54, 1.807) is 6.92 Å². The van der Waals surface area contributed by atoms with E-state index in [9.17, 15) is 14.0 Å². The van der Waals surface area contributed by atoms with Gasteiger partial charge in [-0.3, -0.25) is 9.59 Å². The molecule has 1 unspecified atom stereocenters. The van der Waals surface area contributed by atoms with Crippen LogP contribution in [0, 0.1) is 11.7 Å². The number of carboxylic acid groups (broad SMARTS) is 1. The molecule has 0 saturated heterocycles. The van der Waals surface area contributed by atoms with Gasteiger partial charge in [-0.15, -0.1) is 0 Å². The van der Waals surface area contributed by atoms with Crippen molar-refractivity contribution in [1.82, 2.24) is 4.90 Å². The summed E-state index contributed by atoms with van der Waals surface area (Å²) in [6, 6.07) is 3.81. The maximum atomic E-state index is 13.6. The lowest BCUT2D eigenvalue weighted by atomic mass is 10.1. The number of carboxylic acids is 1. The smallest absolute Gasteiger partial charge is 0.308 e. The summed E-state index contributed by atoms with van der Waals surface area (Å²) in [5.74, 6) is -2.94. The lowest BCUT2D eigenvalue weighted by molar-refractivity contribution is -0.141. The molecule has 0 bridgehead atoms. The molecule has 0 radical (unpaired) electrons. The van der Waals surface area contributed by atoms with Crippen LogP contribution in [0.15, 0.2) is 18.2 Å². The molecule has 5 nitrogen and oxygen atoms in total. The second-order valence-corrected chi connectivity index (χ2v) is 4.32. The van der Waals surface area contributed by atoms with Crippen molar-refractivity contribution in [3.63, 3.8) is 0 Å². The average Bonchev–Trinajstić information content (AvgIpc) is 2.34. The van der Waals surface area contributed by atoms with Crippen LogP contribution >= 0.6 is 0 Å². The minimum atomic E-state index is -0.996. The zero-order chi connectivity index (χ0) is 14.6. The predicted octanol–water partition coefficient (Wildman–Crippen LogP) is 1.59. The molecular formula is C13H17FN2O3. The molecular weight excluding hydrogens is 251 g/mol. The summed E-state index contributed by atoms with van der Waals surface area (Å²) in [7, 11) is 0. The number of anilines is 1. The zero-order valence-electron chi connectivity index (χ0n) is 10.9. The Morgan fingerprint density at radius 3 is 2.58 bits per heavy atom. The first-order valence-corrected chi connectivity index (χ1v) is 5.93. The van der Waals surface area contributed by atoms with Crippen LogP contribution in [0.3, 0.4) is 0 Å². The van der Waals surface area contributed by atoms with Gasteiger partial charge in [-0.05, 0) is 25.1 Å². The Bertz CT molecular complexity index is 491. The van der Waals surface area contributed by atoms with Crippen LogP contribution < -0.4 is 5.73 Å². The molecule has 104 valence electrons. The van der Waals surface area contributed by atoms with Crippen LogP contribution in [0.2, 0.25) is 0 Å². The number of carbonyl (C=O) groups excluding carboxylic acids is 1. The second kappa shape index (κ2) is 6.17. The van der Waals surface area contributed by atoms with E-state index >= 15 is 0 Å². The molecule has 1 aromatic rings. The fraction of sp³-hybridized carbons (Fsp3) is 0.385. The Hall–Kier alpha value is -2.11. The van der Waals surface area contributed by atoms with E-state index in [2.05, 4.69) is 0 Å². The number of carbonyl (C=O) groups is 2. The number of halogens is 1. The highest BCUT2D eigenvalue weighted by molar-refractivity contribution is 5.95. The highest BCUT2D eigenvalue weighted by Crippen LogP contribution is 2.15. The van der Waals surface area contributed by atoms with Gasteiger partial charge in [0.15, 0.2) is 0 Å². The summed E-state index contributed by atoms with van der Waals surface area (Å²) < 4.78 is 13.6. The average molecular weight is 268 g/mol. The van der Waals surface area contributed by atoms with Crippen molar-refractivity contribution in [2.45, 2.75) is 13.8 Å². The van der Waals surface area contributed by atoms with E-state index in [1.807, 2.05) is 0 Å².